The van der Waals surface area contributed by atoms with Gasteiger partial charge < -0.3 is 5.32 Å². The lowest BCUT2D eigenvalue weighted by Crippen LogP contribution is -2.05. The number of rotatable bonds is 4. The van der Waals surface area contributed by atoms with Crippen LogP contribution in [-0.4, -0.2) is 6.54 Å². The molecule has 15 heavy (non-hydrogen) atoms. The molecule has 0 fully saturated rings. The second-order valence-electron chi connectivity index (χ2n) is 3.83. The van der Waals surface area contributed by atoms with Crippen LogP contribution in [0.15, 0.2) is 16.6 Å². The van der Waals surface area contributed by atoms with E-state index in [1.807, 2.05) is 12.1 Å². The van der Waals surface area contributed by atoms with Crippen LogP contribution in [0.25, 0.3) is 0 Å². The molecule has 4 heteroatoms. The maximum Gasteiger partial charge on any atom is 0.0835 e. The van der Waals surface area contributed by atoms with Gasteiger partial charge in [0, 0.05) is 11.0 Å². The highest BCUT2D eigenvalue weighted by Gasteiger charge is 2.07. The lowest BCUT2D eigenvalue weighted by atomic mass is 10.1. The maximum atomic E-state index is 6.09. The van der Waals surface area contributed by atoms with E-state index in [0.29, 0.717) is 16.0 Å². The Morgan fingerprint density at radius 1 is 1.27 bits per heavy atom. The summed E-state index contributed by atoms with van der Waals surface area (Å²) in [6.07, 6.45) is 1.12. The molecule has 0 bridgehead atoms. The molecule has 0 saturated heterocycles. The zero-order chi connectivity index (χ0) is 11.4. The topological polar surface area (TPSA) is 12.0 Å². The second-order valence-corrected chi connectivity index (χ2v) is 5.44. The minimum Gasteiger partial charge on any atom is -0.384 e. The predicted molar refractivity (Wildman–Crippen MR) is 72.1 cm³/mol. The third-order valence-corrected chi connectivity index (χ3v) is 3.84. The number of anilines is 1. The third-order valence-electron chi connectivity index (χ3n) is 2.07. The molecule has 1 aromatic rings. The van der Waals surface area contributed by atoms with Gasteiger partial charge in [-0.2, -0.15) is 0 Å². The quantitative estimate of drug-likeness (QED) is 0.752. The smallest absolute Gasteiger partial charge is 0.0835 e. The Morgan fingerprint density at radius 3 is 2.53 bits per heavy atom. The van der Waals surface area contributed by atoms with Crippen molar-refractivity contribution in [3.8, 4) is 0 Å². The van der Waals surface area contributed by atoms with Gasteiger partial charge in [-0.1, -0.05) is 37.0 Å². The highest BCUT2D eigenvalue weighted by atomic mass is 79.9. The van der Waals surface area contributed by atoms with Gasteiger partial charge in [0.05, 0.1) is 15.7 Å². The standard InChI is InChI=1S/C11H14BrCl2N/c1-7(2)5-6-15-9-4-3-8(12)10(13)11(9)14/h3-4,7,15H,5-6H2,1-2H3. The van der Waals surface area contributed by atoms with E-state index < -0.39 is 0 Å². The van der Waals surface area contributed by atoms with Crippen LogP contribution >= 0.6 is 39.1 Å². The molecule has 0 aliphatic heterocycles. The lowest BCUT2D eigenvalue weighted by molar-refractivity contribution is 0.607. The maximum absolute atomic E-state index is 6.09. The number of nitrogens with one attached hydrogen (secondary N) is 1. The second kappa shape index (κ2) is 5.97. The van der Waals surface area contributed by atoms with Crippen molar-refractivity contribution in [2.75, 3.05) is 11.9 Å². The van der Waals surface area contributed by atoms with Crippen molar-refractivity contribution in [1.29, 1.82) is 0 Å². The average Bonchev–Trinajstić information content (AvgIpc) is 2.18. The molecule has 0 aliphatic rings. The first-order valence-corrected chi connectivity index (χ1v) is 6.44. The molecule has 0 aliphatic carbocycles. The summed E-state index contributed by atoms with van der Waals surface area (Å²) in [5.41, 5.74) is 0.894. The SMILES string of the molecule is CC(C)CCNc1ccc(Br)c(Cl)c1Cl. The molecule has 0 heterocycles. The van der Waals surface area contributed by atoms with Gasteiger partial charge in [-0.25, -0.2) is 0 Å². The van der Waals surface area contributed by atoms with Crippen LogP contribution in [0.2, 0.25) is 10.0 Å². The van der Waals surface area contributed by atoms with Gasteiger partial charge in [-0.3, -0.25) is 0 Å². The van der Waals surface area contributed by atoms with E-state index in [-0.39, 0.29) is 0 Å². The number of hydrogen-bond acceptors (Lipinski definition) is 1. The van der Waals surface area contributed by atoms with Gasteiger partial charge in [0.15, 0.2) is 0 Å². The van der Waals surface area contributed by atoms with Crippen LogP contribution in [0, 0.1) is 5.92 Å². The van der Waals surface area contributed by atoms with Crippen molar-refractivity contribution < 1.29 is 0 Å². The molecule has 0 saturated carbocycles. The molecule has 0 amide bonds. The highest BCUT2D eigenvalue weighted by Crippen LogP contribution is 2.35. The van der Waals surface area contributed by atoms with Crippen molar-refractivity contribution in [2.24, 2.45) is 5.92 Å². The summed E-state index contributed by atoms with van der Waals surface area (Å²) >= 11 is 15.4. The summed E-state index contributed by atoms with van der Waals surface area (Å²) in [6.45, 7) is 5.30. The van der Waals surface area contributed by atoms with Gasteiger partial charge in [0.25, 0.3) is 0 Å². The molecule has 84 valence electrons. The summed E-state index contributed by atoms with van der Waals surface area (Å²) in [5, 5.41) is 4.41. The van der Waals surface area contributed by atoms with Crippen molar-refractivity contribution in [3.63, 3.8) is 0 Å². The molecule has 1 N–H and O–H groups in total. The summed E-state index contributed by atoms with van der Waals surface area (Å²) in [5.74, 6) is 0.683. The molecule has 0 atom stereocenters. The molecule has 0 aromatic heterocycles. The molecule has 0 radical (unpaired) electrons. The van der Waals surface area contributed by atoms with Crippen LogP contribution in [0.3, 0.4) is 0 Å². The molecular weight excluding hydrogens is 297 g/mol. The Balaban J connectivity index is 2.66. The van der Waals surface area contributed by atoms with Crippen molar-refractivity contribution in [3.05, 3.63) is 26.7 Å². The van der Waals surface area contributed by atoms with Gasteiger partial charge >= 0.3 is 0 Å². The summed E-state index contributed by atoms with van der Waals surface area (Å²) < 4.78 is 0.823. The van der Waals surface area contributed by atoms with E-state index in [4.69, 9.17) is 23.2 Å². The highest BCUT2D eigenvalue weighted by molar-refractivity contribution is 9.10. The Kier molecular flexibility index (Phi) is 5.24. The Labute approximate surface area is 109 Å². The van der Waals surface area contributed by atoms with Crippen LogP contribution in [0.4, 0.5) is 5.69 Å². The van der Waals surface area contributed by atoms with E-state index in [2.05, 4.69) is 35.1 Å². The number of hydrogen-bond donors (Lipinski definition) is 1. The Hall–Kier alpha value is 0.0800. The van der Waals surface area contributed by atoms with Gasteiger partial charge in [-0.05, 0) is 40.4 Å². The summed E-state index contributed by atoms with van der Waals surface area (Å²) in [7, 11) is 0. The fraction of sp³-hybridized carbons (Fsp3) is 0.455. The average molecular weight is 311 g/mol. The Bertz CT molecular complexity index is 340. The minimum absolute atomic E-state index is 0.561. The third kappa shape index (κ3) is 3.86. The molecule has 0 unspecified atom stereocenters. The number of halogens is 3. The minimum atomic E-state index is 0.561. The first kappa shape index (κ1) is 13.1. The van der Waals surface area contributed by atoms with Crippen molar-refractivity contribution >= 4 is 44.8 Å². The largest absolute Gasteiger partial charge is 0.384 e. The van der Waals surface area contributed by atoms with E-state index in [0.717, 1.165) is 23.1 Å². The van der Waals surface area contributed by atoms with E-state index in [1.54, 1.807) is 0 Å². The van der Waals surface area contributed by atoms with E-state index in [1.165, 1.54) is 0 Å². The fourth-order valence-electron chi connectivity index (χ4n) is 1.16. The van der Waals surface area contributed by atoms with Gasteiger partial charge in [0.2, 0.25) is 0 Å². The van der Waals surface area contributed by atoms with E-state index >= 15 is 0 Å². The predicted octanol–water partition coefficient (Wildman–Crippen LogP) is 5.21. The zero-order valence-corrected chi connectivity index (χ0v) is 11.9. The molecule has 1 rings (SSSR count). The molecular formula is C11H14BrCl2N. The van der Waals surface area contributed by atoms with Crippen LogP contribution < -0.4 is 5.32 Å². The monoisotopic (exact) mass is 309 g/mol. The Morgan fingerprint density at radius 2 is 1.93 bits per heavy atom. The molecule has 1 nitrogen and oxygen atoms in total. The van der Waals surface area contributed by atoms with Crippen LogP contribution in [0.5, 0.6) is 0 Å². The molecule has 1 aromatic carbocycles. The van der Waals surface area contributed by atoms with Crippen LogP contribution in [0.1, 0.15) is 20.3 Å². The molecule has 0 spiro atoms. The lowest BCUT2D eigenvalue weighted by Gasteiger charge is -2.11. The number of benzene rings is 1. The van der Waals surface area contributed by atoms with Gasteiger partial charge in [0.1, 0.15) is 0 Å². The summed E-state index contributed by atoms with van der Waals surface area (Å²) in [6, 6.07) is 3.82. The fourth-order valence-corrected chi connectivity index (χ4v) is 2.00. The normalized spacial score (nSPS) is 10.8. The first-order chi connectivity index (χ1) is 7.02. The van der Waals surface area contributed by atoms with Crippen molar-refractivity contribution in [2.45, 2.75) is 20.3 Å². The van der Waals surface area contributed by atoms with E-state index in [9.17, 15) is 0 Å². The summed E-state index contributed by atoms with van der Waals surface area (Å²) in [4.78, 5) is 0. The van der Waals surface area contributed by atoms with Crippen LogP contribution in [-0.2, 0) is 0 Å². The van der Waals surface area contributed by atoms with Crippen molar-refractivity contribution in [1.82, 2.24) is 0 Å². The first-order valence-electron chi connectivity index (χ1n) is 4.89. The van der Waals surface area contributed by atoms with Gasteiger partial charge in [-0.15, -0.1) is 0 Å². The zero-order valence-electron chi connectivity index (χ0n) is 8.78.